The molecule has 10 heavy (non-hydrogen) atoms. The third-order valence-corrected chi connectivity index (χ3v) is 1.02. The summed E-state index contributed by atoms with van der Waals surface area (Å²) in [6, 6.07) is 0. The summed E-state index contributed by atoms with van der Waals surface area (Å²) in [7, 11) is 0. The molecule has 0 aromatic rings. The Morgan fingerprint density at radius 3 is 3.10 bits per heavy atom. The Labute approximate surface area is 55.7 Å². The normalized spacial score (nSPS) is 10.0. The van der Waals surface area contributed by atoms with Crippen LogP contribution in [0.25, 0.3) is 11.5 Å². The summed E-state index contributed by atoms with van der Waals surface area (Å²) in [5.74, 6) is 0.463. The lowest BCUT2D eigenvalue weighted by atomic mass is 10.5. The fraction of sp³-hybridized carbons (Fsp3) is 0. The van der Waals surface area contributed by atoms with Gasteiger partial charge in [-0.2, -0.15) is 0 Å². The molecule has 0 aromatic heterocycles. The minimum absolute atomic E-state index is 0.463. The number of hydrogen-bond acceptors (Lipinski definition) is 6. The van der Waals surface area contributed by atoms with Crippen LogP contribution in [0.4, 0.5) is 0 Å². The fourth-order valence-corrected chi connectivity index (χ4v) is 0.604. The zero-order valence-corrected chi connectivity index (χ0v) is 4.84. The first-order valence-electron chi connectivity index (χ1n) is 2.58. The van der Waals surface area contributed by atoms with E-state index in [-0.39, 0.29) is 0 Å². The molecule has 6 heteroatoms. The topological polar surface area (TPSA) is 77.3 Å². The van der Waals surface area contributed by atoms with Crippen LogP contribution in [-0.2, 0) is 0 Å². The Balaban J connectivity index is 2.74. The van der Waals surface area contributed by atoms with Crippen LogP contribution < -0.4 is 0 Å². The molecule has 0 fully saturated rings. The molecular weight excluding hydrogens is 132 g/mol. The van der Waals surface area contributed by atoms with Crippen molar-refractivity contribution in [3.05, 3.63) is 12.5 Å². The first kappa shape index (κ1) is 5.10. The van der Waals surface area contributed by atoms with Crippen LogP contribution in [0.5, 0.6) is 0 Å². The van der Waals surface area contributed by atoms with Crippen molar-refractivity contribution in [2.45, 2.75) is 0 Å². The monoisotopic (exact) mass is 134 g/mol. The maximum Gasteiger partial charge on any atom is 0.205 e. The molecule has 0 unspecified atom stereocenters. The predicted molar refractivity (Wildman–Crippen MR) is 29.8 cm³/mol. The highest BCUT2D eigenvalue weighted by atomic mass is 15.4. The third kappa shape index (κ3) is 0.661. The standard InChI is InChI=1S/C4H2N6/c1-3-4(6-2-5-3)8-10-9-7-1/h1-2H. The lowest BCUT2D eigenvalue weighted by Crippen LogP contribution is -1.80. The maximum absolute atomic E-state index is 3.84. The maximum atomic E-state index is 3.84. The number of nitrogens with zero attached hydrogens (tertiary/aromatic N) is 6. The highest BCUT2D eigenvalue weighted by molar-refractivity contribution is 5.45. The van der Waals surface area contributed by atoms with Gasteiger partial charge in [0.05, 0.1) is 6.20 Å². The van der Waals surface area contributed by atoms with Crippen LogP contribution in [0.3, 0.4) is 0 Å². The van der Waals surface area contributed by atoms with E-state index in [2.05, 4.69) is 30.6 Å². The lowest BCUT2D eigenvalue weighted by molar-refractivity contribution is 0.800. The molecule has 48 valence electrons. The summed E-state index contributed by atoms with van der Waals surface area (Å²) in [6.07, 6.45) is 2.86. The lowest BCUT2D eigenvalue weighted by Gasteiger charge is -1.76. The molecule has 6 nitrogen and oxygen atoms in total. The van der Waals surface area contributed by atoms with E-state index in [4.69, 9.17) is 0 Å². The van der Waals surface area contributed by atoms with Crippen LogP contribution in [0.1, 0.15) is 0 Å². The average Bonchev–Trinajstić information content (AvgIpc) is 2.28. The van der Waals surface area contributed by atoms with E-state index in [1.165, 1.54) is 12.5 Å². The van der Waals surface area contributed by atoms with E-state index in [1.54, 1.807) is 0 Å². The van der Waals surface area contributed by atoms with Gasteiger partial charge in [0.25, 0.3) is 0 Å². The van der Waals surface area contributed by atoms with Gasteiger partial charge in [-0.05, 0) is 10.4 Å². The third-order valence-electron chi connectivity index (χ3n) is 1.02. The molecule has 0 saturated heterocycles. The van der Waals surface area contributed by atoms with E-state index in [1.807, 2.05) is 0 Å². The van der Waals surface area contributed by atoms with Crippen molar-refractivity contribution in [3.8, 4) is 11.5 Å². The zero-order chi connectivity index (χ0) is 6.81. The van der Waals surface area contributed by atoms with Crippen LogP contribution in [-0.4, -0.2) is 30.6 Å². The Hall–Kier alpha value is -1.72. The molecule has 2 rings (SSSR count). The van der Waals surface area contributed by atoms with Crippen molar-refractivity contribution in [1.29, 1.82) is 0 Å². The summed E-state index contributed by atoms with van der Waals surface area (Å²) >= 11 is 0. The van der Waals surface area contributed by atoms with Gasteiger partial charge in [0, 0.05) is 0 Å². The van der Waals surface area contributed by atoms with E-state index < -0.39 is 0 Å². The Bertz CT molecular complexity index is 281. The van der Waals surface area contributed by atoms with Gasteiger partial charge >= 0.3 is 0 Å². The van der Waals surface area contributed by atoms with Crippen molar-refractivity contribution >= 4 is 0 Å². The molecular formula is C4H2N6. The minimum atomic E-state index is 0.463. The molecule has 0 amide bonds. The highest BCUT2D eigenvalue weighted by Crippen LogP contribution is 2.06. The number of rotatable bonds is 0. The molecule has 2 aliphatic heterocycles. The molecule has 0 N–H and O–H groups in total. The second-order valence-corrected chi connectivity index (χ2v) is 1.61. The van der Waals surface area contributed by atoms with Gasteiger partial charge in [-0.1, -0.05) is 0 Å². The molecule has 2 heterocycles. The SMILES string of the molecule is c1nc2cnnnnc-2n1. The average molecular weight is 134 g/mol. The summed E-state index contributed by atoms with van der Waals surface area (Å²) in [5.41, 5.74) is 0.602. The van der Waals surface area contributed by atoms with Gasteiger partial charge in [0.1, 0.15) is 12.0 Å². The van der Waals surface area contributed by atoms with Crippen LogP contribution in [0.15, 0.2) is 12.5 Å². The highest BCUT2D eigenvalue weighted by Gasteiger charge is 2.03. The van der Waals surface area contributed by atoms with Crippen molar-refractivity contribution < 1.29 is 0 Å². The van der Waals surface area contributed by atoms with Gasteiger partial charge in [0.15, 0.2) is 0 Å². The second-order valence-electron chi connectivity index (χ2n) is 1.61. The van der Waals surface area contributed by atoms with Gasteiger partial charge in [-0.15, -0.1) is 10.2 Å². The van der Waals surface area contributed by atoms with E-state index >= 15 is 0 Å². The van der Waals surface area contributed by atoms with E-state index in [0.717, 1.165) is 0 Å². The molecule has 0 spiro atoms. The smallest absolute Gasteiger partial charge is 0.205 e. The Morgan fingerprint density at radius 2 is 2.10 bits per heavy atom. The molecule has 0 aliphatic carbocycles. The molecule has 0 radical (unpaired) electrons. The van der Waals surface area contributed by atoms with Crippen LogP contribution >= 0.6 is 0 Å². The molecule has 2 aliphatic rings. The quantitative estimate of drug-likeness (QED) is 0.467. The largest absolute Gasteiger partial charge is 0.231 e. The number of hydrogen-bond donors (Lipinski definition) is 0. The van der Waals surface area contributed by atoms with Crippen LogP contribution in [0.2, 0.25) is 0 Å². The van der Waals surface area contributed by atoms with E-state index in [0.29, 0.717) is 11.5 Å². The van der Waals surface area contributed by atoms with Crippen molar-refractivity contribution in [2.75, 3.05) is 0 Å². The van der Waals surface area contributed by atoms with Gasteiger partial charge in [0.2, 0.25) is 5.82 Å². The molecule has 0 saturated carbocycles. The summed E-state index contributed by atoms with van der Waals surface area (Å²) in [5, 5.41) is 13.8. The Kier molecular flexibility index (Phi) is 0.970. The number of aromatic nitrogens is 6. The van der Waals surface area contributed by atoms with Crippen molar-refractivity contribution in [3.63, 3.8) is 0 Å². The minimum Gasteiger partial charge on any atom is -0.231 e. The molecule has 0 bridgehead atoms. The van der Waals surface area contributed by atoms with Crippen molar-refractivity contribution in [1.82, 2.24) is 30.6 Å². The summed E-state index contributed by atoms with van der Waals surface area (Å²) in [4.78, 5) is 7.64. The van der Waals surface area contributed by atoms with Crippen molar-refractivity contribution in [2.24, 2.45) is 0 Å². The first-order chi connectivity index (χ1) is 4.97. The summed E-state index contributed by atoms with van der Waals surface area (Å²) < 4.78 is 0. The predicted octanol–water partition coefficient (Wildman–Crippen LogP) is -0.839. The van der Waals surface area contributed by atoms with Gasteiger partial charge in [-0.25, -0.2) is 9.97 Å². The number of fused-ring (bicyclic) bond motifs is 1. The fourth-order valence-electron chi connectivity index (χ4n) is 0.604. The summed E-state index contributed by atoms with van der Waals surface area (Å²) in [6.45, 7) is 0. The first-order valence-corrected chi connectivity index (χ1v) is 2.58. The van der Waals surface area contributed by atoms with E-state index in [9.17, 15) is 0 Å². The Morgan fingerprint density at radius 1 is 1.10 bits per heavy atom. The second kappa shape index (κ2) is 1.90. The van der Waals surface area contributed by atoms with Gasteiger partial charge < -0.3 is 0 Å². The van der Waals surface area contributed by atoms with Gasteiger partial charge in [-0.3, -0.25) is 0 Å². The zero-order valence-electron chi connectivity index (χ0n) is 4.84. The molecule has 0 atom stereocenters. The number of imidazole rings is 1. The molecule has 0 aromatic carbocycles. The van der Waals surface area contributed by atoms with Crippen LogP contribution in [0, 0.1) is 0 Å².